The molecule has 0 aromatic heterocycles. The second-order valence-corrected chi connectivity index (χ2v) is 6.63. The number of anilines is 1. The molecule has 0 aliphatic rings. The number of hydrogen-bond acceptors (Lipinski definition) is 4. The normalized spacial score (nSPS) is 11.8. The summed E-state index contributed by atoms with van der Waals surface area (Å²) in [5.41, 5.74) is 0.650. The topological polar surface area (TPSA) is 58.6 Å². The first-order chi connectivity index (χ1) is 10.5. The van der Waals surface area contributed by atoms with Crippen LogP contribution in [-0.4, -0.2) is 23.4 Å². The predicted molar refractivity (Wildman–Crippen MR) is 97.8 cm³/mol. The lowest BCUT2D eigenvalue weighted by Crippen LogP contribution is -2.30. The van der Waals surface area contributed by atoms with E-state index in [1.807, 2.05) is 30.5 Å². The summed E-state index contributed by atoms with van der Waals surface area (Å²) in [4.78, 5) is 13.3. The van der Waals surface area contributed by atoms with Gasteiger partial charge < -0.3 is 15.2 Å². The van der Waals surface area contributed by atoms with Gasteiger partial charge in [0, 0.05) is 8.47 Å². The maximum Gasteiger partial charge on any atom is 0.265 e. The zero-order valence-corrected chi connectivity index (χ0v) is 15.1. The van der Waals surface area contributed by atoms with E-state index in [-0.39, 0.29) is 11.7 Å². The van der Waals surface area contributed by atoms with Gasteiger partial charge in [0.05, 0.1) is 5.69 Å². The van der Waals surface area contributed by atoms with Gasteiger partial charge in [-0.15, -0.1) is 11.8 Å². The molecule has 0 radical (unpaired) electrons. The number of halogens is 1. The molecule has 0 saturated heterocycles. The van der Waals surface area contributed by atoms with Crippen LogP contribution in [0.25, 0.3) is 0 Å². The van der Waals surface area contributed by atoms with Crippen LogP contribution in [0.5, 0.6) is 11.5 Å². The van der Waals surface area contributed by atoms with E-state index in [4.69, 9.17) is 4.74 Å². The summed E-state index contributed by atoms with van der Waals surface area (Å²) in [5, 5.41) is 12.2. The van der Waals surface area contributed by atoms with Gasteiger partial charge in [-0.2, -0.15) is 0 Å². The van der Waals surface area contributed by atoms with Crippen molar-refractivity contribution < 1.29 is 14.6 Å². The lowest BCUT2D eigenvalue weighted by molar-refractivity contribution is -0.122. The summed E-state index contributed by atoms with van der Waals surface area (Å²) >= 11 is 3.71. The molecule has 0 aliphatic heterocycles. The number of carbonyl (C=O) groups is 1. The molecule has 6 heteroatoms. The van der Waals surface area contributed by atoms with E-state index in [0.717, 1.165) is 8.47 Å². The Morgan fingerprint density at radius 3 is 2.55 bits per heavy atom. The number of carbonyl (C=O) groups excluding carboxylic acids is 1. The maximum absolute atomic E-state index is 12.2. The minimum absolute atomic E-state index is 0.167. The number of thioether (sulfide) groups is 1. The van der Waals surface area contributed by atoms with E-state index >= 15 is 0 Å². The van der Waals surface area contributed by atoms with Gasteiger partial charge in [-0.3, -0.25) is 4.79 Å². The molecule has 1 unspecified atom stereocenters. The third kappa shape index (κ3) is 4.54. The number of phenolic OH excluding ortho intramolecular Hbond substituents is 1. The van der Waals surface area contributed by atoms with Gasteiger partial charge in [-0.1, -0.05) is 0 Å². The Morgan fingerprint density at radius 2 is 1.95 bits per heavy atom. The van der Waals surface area contributed by atoms with Gasteiger partial charge in [0.15, 0.2) is 6.10 Å². The highest BCUT2D eigenvalue weighted by atomic mass is 127. The van der Waals surface area contributed by atoms with Crippen LogP contribution >= 0.6 is 34.4 Å². The fraction of sp³-hybridized carbons (Fsp3) is 0.188. The van der Waals surface area contributed by atoms with Gasteiger partial charge in [0.25, 0.3) is 5.91 Å². The van der Waals surface area contributed by atoms with Crippen LogP contribution < -0.4 is 10.1 Å². The zero-order chi connectivity index (χ0) is 16.1. The summed E-state index contributed by atoms with van der Waals surface area (Å²) in [6, 6.07) is 12.4. The lowest BCUT2D eigenvalue weighted by atomic mass is 10.3. The number of aromatic hydroxyl groups is 1. The summed E-state index contributed by atoms with van der Waals surface area (Å²) in [6.07, 6.45) is 1.38. The van der Waals surface area contributed by atoms with E-state index < -0.39 is 6.10 Å². The molecule has 2 rings (SSSR count). The molecule has 0 bridgehead atoms. The molecule has 0 aliphatic carbocycles. The van der Waals surface area contributed by atoms with Crippen molar-refractivity contribution >= 4 is 45.9 Å². The molecule has 2 aromatic rings. The number of rotatable bonds is 5. The summed E-state index contributed by atoms with van der Waals surface area (Å²) in [7, 11) is 0. The van der Waals surface area contributed by atoms with E-state index in [2.05, 4.69) is 27.9 Å². The standard InChI is InChI=1S/C16H16INO3S/c1-10(21-12-4-6-13(22-2)7-5-12)16(20)18-15-8-3-11(19)9-14(15)17/h3-10,19H,1-2H3,(H,18,20). The van der Waals surface area contributed by atoms with E-state index in [1.54, 1.807) is 30.8 Å². The van der Waals surface area contributed by atoms with Crippen LogP contribution in [0.15, 0.2) is 47.4 Å². The molecule has 2 aromatic carbocycles. The van der Waals surface area contributed by atoms with Crippen LogP contribution in [0.3, 0.4) is 0 Å². The third-order valence-electron chi connectivity index (χ3n) is 2.95. The number of phenols is 1. The molecular weight excluding hydrogens is 413 g/mol. The van der Waals surface area contributed by atoms with Crippen molar-refractivity contribution in [2.24, 2.45) is 0 Å². The maximum atomic E-state index is 12.2. The lowest BCUT2D eigenvalue weighted by Gasteiger charge is -2.15. The Kier molecular flexibility index (Phi) is 5.96. The van der Waals surface area contributed by atoms with Crippen LogP contribution in [0.2, 0.25) is 0 Å². The SMILES string of the molecule is CSc1ccc(OC(C)C(=O)Nc2ccc(O)cc2I)cc1. The highest BCUT2D eigenvalue weighted by Crippen LogP contribution is 2.24. The van der Waals surface area contributed by atoms with Crippen molar-refractivity contribution in [3.63, 3.8) is 0 Å². The molecule has 0 saturated carbocycles. The van der Waals surface area contributed by atoms with Gasteiger partial charge >= 0.3 is 0 Å². The molecule has 0 fully saturated rings. The first kappa shape index (κ1) is 17.0. The third-order valence-corrected chi connectivity index (χ3v) is 4.59. The average molecular weight is 429 g/mol. The Morgan fingerprint density at radius 1 is 1.27 bits per heavy atom. The van der Waals surface area contributed by atoms with Crippen LogP contribution in [0.4, 0.5) is 5.69 Å². The average Bonchev–Trinajstić information content (AvgIpc) is 2.50. The Hall–Kier alpha value is -1.41. The van der Waals surface area contributed by atoms with Gasteiger partial charge in [-0.05, 0) is 78.2 Å². The second-order valence-electron chi connectivity index (χ2n) is 4.59. The number of amides is 1. The molecular formula is C16H16INO3S. The Labute approximate surface area is 147 Å². The van der Waals surface area contributed by atoms with E-state index in [0.29, 0.717) is 11.4 Å². The molecule has 22 heavy (non-hydrogen) atoms. The van der Waals surface area contributed by atoms with Crippen LogP contribution in [0.1, 0.15) is 6.92 Å². The second kappa shape index (κ2) is 7.73. The molecule has 0 spiro atoms. The smallest absolute Gasteiger partial charge is 0.265 e. The first-order valence-corrected chi connectivity index (χ1v) is 8.90. The molecule has 1 amide bonds. The summed E-state index contributed by atoms with van der Waals surface area (Å²) < 4.78 is 6.40. The number of nitrogens with one attached hydrogen (secondary N) is 1. The predicted octanol–water partition coefficient (Wildman–Crippen LogP) is 4.12. The number of hydrogen-bond donors (Lipinski definition) is 2. The Balaban J connectivity index is 1.99. The molecule has 1 atom stereocenters. The minimum Gasteiger partial charge on any atom is -0.508 e. The highest BCUT2D eigenvalue weighted by molar-refractivity contribution is 14.1. The van der Waals surface area contributed by atoms with E-state index in [1.165, 1.54) is 6.07 Å². The minimum atomic E-state index is -0.621. The van der Waals surface area contributed by atoms with Crippen molar-refractivity contribution in [1.29, 1.82) is 0 Å². The van der Waals surface area contributed by atoms with Gasteiger partial charge in [0.1, 0.15) is 11.5 Å². The van der Waals surface area contributed by atoms with Crippen LogP contribution in [0, 0.1) is 3.57 Å². The van der Waals surface area contributed by atoms with Crippen molar-refractivity contribution in [2.45, 2.75) is 17.9 Å². The number of benzene rings is 2. The van der Waals surface area contributed by atoms with Crippen molar-refractivity contribution in [1.82, 2.24) is 0 Å². The molecule has 2 N–H and O–H groups in total. The molecule has 116 valence electrons. The summed E-state index contributed by atoms with van der Waals surface area (Å²) in [6.45, 7) is 1.70. The zero-order valence-electron chi connectivity index (χ0n) is 12.2. The monoisotopic (exact) mass is 429 g/mol. The fourth-order valence-corrected chi connectivity index (χ4v) is 2.79. The van der Waals surface area contributed by atoms with Crippen molar-refractivity contribution in [2.75, 3.05) is 11.6 Å². The Bertz CT molecular complexity index is 661. The van der Waals surface area contributed by atoms with E-state index in [9.17, 15) is 9.90 Å². The summed E-state index contributed by atoms with van der Waals surface area (Å²) in [5.74, 6) is 0.582. The largest absolute Gasteiger partial charge is 0.508 e. The van der Waals surface area contributed by atoms with Crippen molar-refractivity contribution in [3.05, 3.63) is 46.0 Å². The quantitative estimate of drug-likeness (QED) is 0.427. The highest BCUT2D eigenvalue weighted by Gasteiger charge is 2.16. The number of ether oxygens (including phenoxy) is 1. The van der Waals surface area contributed by atoms with Crippen molar-refractivity contribution in [3.8, 4) is 11.5 Å². The fourth-order valence-electron chi connectivity index (χ4n) is 1.75. The molecule has 0 heterocycles. The van der Waals surface area contributed by atoms with Gasteiger partial charge in [-0.25, -0.2) is 0 Å². The van der Waals surface area contributed by atoms with Crippen LogP contribution in [-0.2, 0) is 4.79 Å². The molecule has 4 nitrogen and oxygen atoms in total. The van der Waals surface area contributed by atoms with Gasteiger partial charge in [0.2, 0.25) is 0 Å². The first-order valence-electron chi connectivity index (χ1n) is 6.59.